The van der Waals surface area contributed by atoms with E-state index in [0.717, 1.165) is 23.0 Å². The molecule has 0 bridgehead atoms. The first-order chi connectivity index (χ1) is 8.74. The number of benzene rings is 1. The van der Waals surface area contributed by atoms with E-state index in [9.17, 15) is 4.79 Å². The molecular weight excluding hydrogens is 298 g/mol. The SMILES string of the molecule is CCCCOC(=O)N1CCOc2c(Br)cccc21. The molecule has 2 rings (SSSR count). The van der Waals surface area contributed by atoms with Crippen LogP contribution in [-0.2, 0) is 4.74 Å². The summed E-state index contributed by atoms with van der Waals surface area (Å²) in [4.78, 5) is 13.6. The summed E-state index contributed by atoms with van der Waals surface area (Å²) in [6.07, 6.45) is 1.60. The molecule has 0 spiro atoms. The van der Waals surface area contributed by atoms with E-state index in [1.807, 2.05) is 18.2 Å². The largest absolute Gasteiger partial charge is 0.488 e. The van der Waals surface area contributed by atoms with Gasteiger partial charge in [-0.3, -0.25) is 4.90 Å². The molecule has 1 aliphatic rings. The van der Waals surface area contributed by atoms with Crippen molar-refractivity contribution in [2.24, 2.45) is 0 Å². The second kappa shape index (κ2) is 6.09. The van der Waals surface area contributed by atoms with Gasteiger partial charge in [0, 0.05) is 0 Å². The van der Waals surface area contributed by atoms with Gasteiger partial charge >= 0.3 is 6.09 Å². The van der Waals surface area contributed by atoms with Crippen molar-refractivity contribution in [1.82, 2.24) is 0 Å². The van der Waals surface area contributed by atoms with Gasteiger partial charge in [0.15, 0.2) is 5.75 Å². The number of hydrogen-bond donors (Lipinski definition) is 0. The summed E-state index contributed by atoms with van der Waals surface area (Å²) in [5.74, 6) is 0.705. The topological polar surface area (TPSA) is 38.8 Å². The molecule has 1 amide bonds. The lowest BCUT2D eigenvalue weighted by Gasteiger charge is -2.29. The molecule has 0 atom stereocenters. The highest BCUT2D eigenvalue weighted by molar-refractivity contribution is 9.10. The highest BCUT2D eigenvalue weighted by atomic mass is 79.9. The summed E-state index contributed by atoms with van der Waals surface area (Å²) in [6.45, 7) is 3.54. The number of nitrogens with zero attached hydrogens (tertiary/aromatic N) is 1. The van der Waals surface area contributed by atoms with Gasteiger partial charge in [-0.15, -0.1) is 0 Å². The number of fused-ring (bicyclic) bond motifs is 1. The Morgan fingerprint density at radius 1 is 1.56 bits per heavy atom. The molecule has 0 saturated heterocycles. The van der Waals surface area contributed by atoms with Crippen LogP contribution in [0, 0.1) is 0 Å². The Labute approximate surface area is 115 Å². The number of carbonyl (C=O) groups is 1. The van der Waals surface area contributed by atoms with E-state index in [1.54, 1.807) is 4.90 Å². The molecule has 98 valence electrons. The molecule has 1 heterocycles. The number of ether oxygens (including phenoxy) is 2. The van der Waals surface area contributed by atoms with Crippen LogP contribution in [0.15, 0.2) is 22.7 Å². The zero-order valence-corrected chi connectivity index (χ0v) is 11.9. The van der Waals surface area contributed by atoms with Crippen LogP contribution in [0.5, 0.6) is 5.75 Å². The van der Waals surface area contributed by atoms with Crippen molar-refractivity contribution in [3.63, 3.8) is 0 Å². The highest BCUT2D eigenvalue weighted by Gasteiger charge is 2.25. The minimum absolute atomic E-state index is 0.300. The molecule has 1 aliphatic heterocycles. The highest BCUT2D eigenvalue weighted by Crippen LogP contribution is 2.38. The maximum Gasteiger partial charge on any atom is 0.414 e. The normalized spacial score (nSPS) is 13.8. The summed E-state index contributed by atoms with van der Waals surface area (Å²) in [6, 6.07) is 5.63. The summed E-state index contributed by atoms with van der Waals surface area (Å²) >= 11 is 3.42. The van der Waals surface area contributed by atoms with Gasteiger partial charge in [-0.2, -0.15) is 0 Å². The first kappa shape index (κ1) is 13.2. The van der Waals surface area contributed by atoms with Gasteiger partial charge in [0.2, 0.25) is 0 Å². The summed E-state index contributed by atoms with van der Waals surface area (Å²) in [5.41, 5.74) is 0.761. The first-order valence-electron chi connectivity index (χ1n) is 6.09. The summed E-state index contributed by atoms with van der Waals surface area (Å²) in [5, 5.41) is 0. The number of halogens is 1. The molecule has 0 aromatic heterocycles. The van der Waals surface area contributed by atoms with E-state index < -0.39 is 0 Å². The average Bonchev–Trinajstić information content (AvgIpc) is 2.39. The molecule has 0 N–H and O–H groups in total. The molecule has 0 saturated carbocycles. The van der Waals surface area contributed by atoms with Crippen molar-refractivity contribution in [2.45, 2.75) is 19.8 Å². The lowest BCUT2D eigenvalue weighted by molar-refractivity contribution is 0.148. The van der Waals surface area contributed by atoms with Crippen molar-refractivity contribution >= 4 is 27.7 Å². The Hall–Kier alpha value is -1.23. The fourth-order valence-electron chi connectivity index (χ4n) is 1.78. The maximum absolute atomic E-state index is 12.0. The molecule has 0 unspecified atom stereocenters. The minimum Gasteiger partial charge on any atom is -0.488 e. The number of para-hydroxylation sites is 1. The van der Waals surface area contributed by atoms with Gasteiger partial charge in [0.1, 0.15) is 6.61 Å². The van der Waals surface area contributed by atoms with Gasteiger partial charge in [0.25, 0.3) is 0 Å². The van der Waals surface area contributed by atoms with Crippen molar-refractivity contribution < 1.29 is 14.3 Å². The van der Waals surface area contributed by atoms with Gasteiger partial charge in [-0.25, -0.2) is 4.79 Å². The number of hydrogen-bond acceptors (Lipinski definition) is 3. The predicted molar refractivity (Wildman–Crippen MR) is 73.2 cm³/mol. The van der Waals surface area contributed by atoms with E-state index in [-0.39, 0.29) is 6.09 Å². The third kappa shape index (κ3) is 2.77. The molecule has 0 aliphatic carbocycles. The van der Waals surface area contributed by atoms with Crippen LogP contribution in [-0.4, -0.2) is 25.9 Å². The molecule has 18 heavy (non-hydrogen) atoms. The third-order valence-electron chi connectivity index (χ3n) is 2.74. The van der Waals surface area contributed by atoms with Crippen LogP contribution in [0.1, 0.15) is 19.8 Å². The summed E-state index contributed by atoms with van der Waals surface area (Å²) < 4.78 is 11.7. The van der Waals surface area contributed by atoms with Crippen LogP contribution in [0.2, 0.25) is 0 Å². The van der Waals surface area contributed by atoms with Crippen LogP contribution >= 0.6 is 15.9 Å². The fourth-order valence-corrected chi connectivity index (χ4v) is 2.25. The Morgan fingerprint density at radius 3 is 3.17 bits per heavy atom. The molecular formula is C13H16BrNO3. The first-order valence-corrected chi connectivity index (χ1v) is 6.89. The molecule has 5 heteroatoms. The van der Waals surface area contributed by atoms with Gasteiger partial charge in [0.05, 0.1) is 23.3 Å². The zero-order chi connectivity index (χ0) is 13.0. The number of carbonyl (C=O) groups excluding carboxylic acids is 1. The predicted octanol–water partition coefficient (Wildman–Crippen LogP) is 3.58. The van der Waals surface area contributed by atoms with Crippen molar-refractivity contribution in [3.05, 3.63) is 22.7 Å². The zero-order valence-electron chi connectivity index (χ0n) is 10.3. The molecule has 4 nitrogen and oxygen atoms in total. The molecule has 0 fully saturated rings. The van der Waals surface area contributed by atoms with E-state index in [4.69, 9.17) is 9.47 Å². The van der Waals surface area contributed by atoms with E-state index in [0.29, 0.717) is 25.5 Å². The van der Waals surface area contributed by atoms with Gasteiger partial charge < -0.3 is 9.47 Å². The fraction of sp³-hybridized carbons (Fsp3) is 0.462. The monoisotopic (exact) mass is 313 g/mol. The molecule has 1 aromatic carbocycles. The number of anilines is 1. The van der Waals surface area contributed by atoms with E-state index >= 15 is 0 Å². The Bertz CT molecular complexity index is 436. The number of rotatable bonds is 3. The Morgan fingerprint density at radius 2 is 2.39 bits per heavy atom. The standard InChI is InChI=1S/C13H16BrNO3/c1-2-3-8-18-13(16)15-7-9-17-12-10(14)5-4-6-11(12)15/h4-6H,2-3,7-9H2,1H3. The van der Waals surface area contributed by atoms with E-state index in [2.05, 4.69) is 22.9 Å². The van der Waals surface area contributed by atoms with Crippen molar-refractivity contribution in [3.8, 4) is 5.75 Å². The summed E-state index contributed by atoms with van der Waals surface area (Å²) in [7, 11) is 0. The van der Waals surface area contributed by atoms with Crippen molar-refractivity contribution in [2.75, 3.05) is 24.7 Å². The average molecular weight is 314 g/mol. The lowest BCUT2D eigenvalue weighted by Crippen LogP contribution is -2.38. The third-order valence-corrected chi connectivity index (χ3v) is 3.37. The Balaban J connectivity index is 2.12. The van der Waals surface area contributed by atoms with Crippen LogP contribution in [0.3, 0.4) is 0 Å². The molecule has 0 radical (unpaired) electrons. The lowest BCUT2D eigenvalue weighted by atomic mass is 10.2. The second-order valence-electron chi connectivity index (χ2n) is 4.06. The second-order valence-corrected chi connectivity index (χ2v) is 4.91. The van der Waals surface area contributed by atoms with Crippen LogP contribution < -0.4 is 9.64 Å². The van der Waals surface area contributed by atoms with Gasteiger partial charge in [-0.1, -0.05) is 19.4 Å². The number of amides is 1. The quantitative estimate of drug-likeness (QED) is 0.801. The van der Waals surface area contributed by atoms with E-state index in [1.165, 1.54) is 0 Å². The molecule has 1 aromatic rings. The Kier molecular flexibility index (Phi) is 4.47. The van der Waals surface area contributed by atoms with Crippen molar-refractivity contribution in [1.29, 1.82) is 0 Å². The number of unbranched alkanes of at least 4 members (excludes halogenated alkanes) is 1. The van der Waals surface area contributed by atoms with Crippen LogP contribution in [0.4, 0.5) is 10.5 Å². The van der Waals surface area contributed by atoms with Crippen LogP contribution in [0.25, 0.3) is 0 Å². The smallest absolute Gasteiger partial charge is 0.414 e. The minimum atomic E-state index is -0.300. The maximum atomic E-state index is 12.0. The van der Waals surface area contributed by atoms with Gasteiger partial charge in [-0.05, 0) is 34.5 Å².